The van der Waals surface area contributed by atoms with Crippen molar-refractivity contribution in [3.8, 4) is 0 Å². The topological polar surface area (TPSA) is 35.5 Å². The average molecular weight is 296 g/mol. The van der Waals surface area contributed by atoms with Gasteiger partial charge in [-0.15, -0.1) is 0 Å². The zero-order valence-corrected chi connectivity index (χ0v) is 11.7. The zero-order chi connectivity index (χ0) is 14.9. The molecule has 21 heavy (non-hydrogen) atoms. The number of rotatable bonds is 3. The lowest BCUT2D eigenvalue weighted by Crippen LogP contribution is -2.42. The van der Waals surface area contributed by atoms with Gasteiger partial charge in [0.2, 0.25) is 0 Å². The van der Waals surface area contributed by atoms with Gasteiger partial charge in [0, 0.05) is 38.0 Å². The van der Waals surface area contributed by atoms with Gasteiger partial charge in [0.05, 0.1) is 12.2 Å². The van der Waals surface area contributed by atoms with Crippen LogP contribution in [0.1, 0.15) is 24.8 Å². The van der Waals surface area contributed by atoms with Gasteiger partial charge in [-0.3, -0.25) is 4.79 Å². The molecule has 3 nitrogen and oxygen atoms in total. The van der Waals surface area contributed by atoms with Crippen LogP contribution in [0, 0.1) is 17.6 Å². The monoisotopic (exact) mass is 296 g/mol. The predicted octanol–water partition coefficient (Wildman–Crippen LogP) is 2.66. The molecule has 1 aromatic rings. The lowest BCUT2D eigenvalue weighted by Gasteiger charge is -2.36. The number of ether oxygens (including phenoxy) is 2. The van der Waals surface area contributed by atoms with Crippen LogP contribution in [-0.2, 0) is 20.7 Å². The van der Waals surface area contributed by atoms with E-state index in [-0.39, 0.29) is 23.7 Å². The third-order valence-corrected chi connectivity index (χ3v) is 4.32. The SMILES string of the molecule is O=C(Cc1cc(F)cc(F)c1)C1CCOC2(CCOC2)C1. The standard InChI is InChI=1S/C16H18F2O3/c17-13-5-11(6-14(18)8-13)7-15(19)12-1-3-21-16(9-12)2-4-20-10-16/h5-6,8,12H,1-4,7,9-10H2. The summed E-state index contributed by atoms with van der Waals surface area (Å²) in [6.45, 7) is 1.73. The van der Waals surface area contributed by atoms with E-state index >= 15 is 0 Å². The average Bonchev–Trinajstić information content (AvgIpc) is 2.85. The molecule has 2 unspecified atom stereocenters. The second-order valence-electron chi connectivity index (χ2n) is 5.94. The van der Waals surface area contributed by atoms with Crippen molar-refractivity contribution < 1.29 is 23.0 Å². The molecular weight excluding hydrogens is 278 g/mol. The molecule has 0 N–H and O–H groups in total. The zero-order valence-electron chi connectivity index (χ0n) is 11.7. The highest BCUT2D eigenvalue weighted by Gasteiger charge is 2.42. The van der Waals surface area contributed by atoms with Crippen molar-refractivity contribution in [2.24, 2.45) is 5.92 Å². The van der Waals surface area contributed by atoms with Gasteiger partial charge in [0.25, 0.3) is 0 Å². The summed E-state index contributed by atoms with van der Waals surface area (Å²) in [5, 5.41) is 0. The molecule has 2 atom stereocenters. The minimum atomic E-state index is -0.648. The third kappa shape index (κ3) is 3.30. The van der Waals surface area contributed by atoms with Crippen molar-refractivity contribution in [1.82, 2.24) is 0 Å². The van der Waals surface area contributed by atoms with Crippen LogP contribution in [0.15, 0.2) is 18.2 Å². The van der Waals surface area contributed by atoms with E-state index in [2.05, 4.69) is 0 Å². The van der Waals surface area contributed by atoms with Crippen molar-refractivity contribution in [2.75, 3.05) is 19.8 Å². The number of carbonyl (C=O) groups excluding carboxylic acids is 1. The van der Waals surface area contributed by atoms with Crippen molar-refractivity contribution >= 4 is 5.78 Å². The molecule has 1 aromatic carbocycles. The quantitative estimate of drug-likeness (QED) is 0.860. The van der Waals surface area contributed by atoms with Crippen LogP contribution in [0.4, 0.5) is 8.78 Å². The Morgan fingerprint density at radius 1 is 1.24 bits per heavy atom. The largest absolute Gasteiger partial charge is 0.378 e. The Kier molecular flexibility index (Phi) is 4.04. The highest BCUT2D eigenvalue weighted by Crippen LogP contribution is 2.36. The molecule has 1 spiro atoms. The lowest BCUT2D eigenvalue weighted by atomic mass is 9.81. The molecule has 2 fully saturated rings. The first kappa shape index (κ1) is 14.6. The number of hydrogen-bond acceptors (Lipinski definition) is 3. The Morgan fingerprint density at radius 3 is 2.67 bits per heavy atom. The molecular formula is C16H18F2O3. The van der Waals surface area contributed by atoms with E-state index in [9.17, 15) is 13.6 Å². The van der Waals surface area contributed by atoms with Crippen molar-refractivity contribution in [2.45, 2.75) is 31.3 Å². The molecule has 3 rings (SSSR count). The highest BCUT2D eigenvalue weighted by molar-refractivity contribution is 5.83. The number of benzene rings is 1. The summed E-state index contributed by atoms with van der Waals surface area (Å²) in [4.78, 5) is 12.4. The molecule has 0 amide bonds. The highest BCUT2D eigenvalue weighted by atomic mass is 19.1. The summed E-state index contributed by atoms with van der Waals surface area (Å²) in [5.41, 5.74) is 0.0619. The van der Waals surface area contributed by atoms with Gasteiger partial charge in [0.15, 0.2) is 0 Å². The van der Waals surface area contributed by atoms with E-state index < -0.39 is 11.6 Å². The third-order valence-electron chi connectivity index (χ3n) is 4.32. The smallest absolute Gasteiger partial charge is 0.140 e. The van der Waals surface area contributed by atoms with Crippen LogP contribution in [0.3, 0.4) is 0 Å². The Morgan fingerprint density at radius 2 is 2.00 bits per heavy atom. The van der Waals surface area contributed by atoms with E-state index in [1.54, 1.807) is 0 Å². The molecule has 2 saturated heterocycles. The van der Waals surface area contributed by atoms with Crippen LogP contribution < -0.4 is 0 Å². The van der Waals surface area contributed by atoms with Gasteiger partial charge in [-0.1, -0.05) is 0 Å². The molecule has 0 radical (unpaired) electrons. The van der Waals surface area contributed by atoms with Crippen LogP contribution in [0.25, 0.3) is 0 Å². The Bertz CT molecular complexity index is 518. The molecule has 0 aliphatic carbocycles. The lowest BCUT2D eigenvalue weighted by molar-refractivity contribution is -0.136. The minimum absolute atomic E-state index is 0.0228. The van der Waals surface area contributed by atoms with Gasteiger partial charge in [-0.2, -0.15) is 0 Å². The fraction of sp³-hybridized carbons (Fsp3) is 0.562. The van der Waals surface area contributed by atoms with E-state index in [1.807, 2.05) is 0 Å². The van der Waals surface area contributed by atoms with E-state index in [0.717, 1.165) is 12.5 Å². The molecule has 0 bridgehead atoms. The molecule has 0 saturated carbocycles. The summed E-state index contributed by atoms with van der Waals surface area (Å²) in [5.74, 6) is -1.39. The first-order valence-corrected chi connectivity index (χ1v) is 7.26. The summed E-state index contributed by atoms with van der Waals surface area (Å²) >= 11 is 0. The second kappa shape index (κ2) is 5.81. The fourth-order valence-corrected chi connectivity index (χ4v) is 3.22. The van der Waals surface area contributed by atoms with Gasteiger partial charge in [0.1, 0.15) is 17.4 Å². The fourth-order valence-electron chi connectivity index (χ4n) is 3.22. The minimum Gasteiger partial charge on any atom is -0.378 e. The van der Waals surface area contributed by atoms with Gasteiger partial charge >= 0.3 is 0 Å². The Labute approximate surface area is 122 Å². The summed E-state index contributed by atoms with van der Waals surface area (Å²) in [6, 6.07) is 3.25. The van der Waals surface area contributed by atoms with Crippen LogP contribution >= 0.6 is 0 Å². The van der Waals surface area contributed by atoms with Crippen LogP contribution in [0.5, 0.6) is 0 Å². The van der Waals surface area contributed by atoms with Gasteiger partial charge in [-0.25, -0.2) is 8.78 Å². The summed E-state index contributed by atoms with van der Waals surface area (Å²) in [7, 11) is 0. The number of ketones is 1. The molecule has 2 heterocycles. The van der Waals surface area contributed by atoms with E-state index in [0.29, 0.717) is 38.2 Å². The number of carbonyl (C=O) groups is 1. The molecule has 2 aliphatic rings. The van der Waals surface area contributed by atoms with Crippen molar-refractivity contribution in [3.05, 3.63) is 35.4 Å². The predicted molar refractivity (Wildman–Crippen MR) is 71.9 cm³/mol. The number of hydrogen-bond donors (Lipinski definition) is 0. The van der Waals surface area contributed by atoms with E-state index in [4.69, 9.17) is 9.47 Å². The summed E-state index contributed by atoms with van der Waals surface area (Å²) < 4.78 is 37.5. The maximum atomic E-state index is 13.2. The second-order valence-corrected chi connectivity index (χ2v) is 5.94. The molecule has 114 valence electrons. The van der Waals surface area contributed by atoms with Crippen molar-refractivity contribution in [1.29, 1.82) is 0 Å². The van der Waals surface area contributed by atoms with Gasteiger partial charge < -0.3 is 9.47 Å². The molecule has 0 aromatic heterocycles. The normalized spacial score (nSPS) is 29.0. The Balaban J connectivity index is 1.67. The molecule has 2 aliphatic heterocycles. The maximum absolute atomic E-state index is 13.2. The van der Waals surface area contributed by atoms with Crippen LogP contribution in [0.2, 0.25) is 0 Å². The van der Waals surface area contributed by atoms with Crippen LogP contribution in [-0.4, -0.2) is 31.2 Å². The number of halogens is 2. The van der Waals surface area contributed by atoms with Crippen molar-refractivity contribution in [3.63, 3.8) is 0 Å². The first-order chi connectivity index (χ1) is 10.1. The Hall–Kier alpha value is -1.33. The van der Waals surface area contributed by atoms with E-state index in [1.165, 1.54) is 12.1 Å². The molecule has 5 heteroatoms. The summed E-state index contributed by atoms with van der Waals surface area (Å²) in [6.07, 6.45) is 2.18. The number of Topliss-reactive ketones (excluding diaryl/α,β-unsaturated/α-hetero) is 1. The first-order valence-electron chi connectivity index (χ1n) is 7.26. The maximum Gasteiger partial charge on any atom is 0.140 e. The van der Waals surface area contributed by atoms with Gasteiger partial charge in [-0.05, 0) is 30.5 Å².